The van der Waals surface area contributed by atoms with E-state index in [0.717, 1.165) is 29.8 Å². The van der Waals surface area contributed by atoms with Gasteiger partial charge >= 0.3 is 0 Å². The summed E-state index contributed by atoms with van der Waals surface area (Å²) in [4.78, 5) is 27.0. The van der Waals surface area contributed by atoms with Crippen LogP contribution in [0.4, 0.5) is 5.82 Å². The Balaban J connectivity index is 1.47. The summed E-state index contributed by atoms with van der Waals surface area (Å²) in [7, 11) is 1.88. The topological polar surface area (TPSA) is 107 Å². The van der Waals surface area contributed by atoms with Gasteiger partial charge in [0.15, 0.2) is 11.6 Å². The molecule has 3 aromatic heterocycles. The molecule has 2 atom stereocenters. The number of carbonyl (C=O) groups excluding carboxylic acids is 1. The number of hydrogen-bond acceptors (Lipinski definition) is 7. The highest BCUT2D eigenvalue weighted by atomic mass is 16.5. The number of ether oxygens (including phenoxy) is 1. The average Bonchev–Trinajstić information content (AvgIpc) is 3.19. The zero-order chi connectivity index (χ0) is 23.3. The molecule has 0 bridgehead atoms. The third kappa shape index (κ3) is 3.31. The third-order valence-corrected chi connectivity index (χ3v) is 6.75. The quantitative estimate of drug-likeness (QED) is 0.460. The van der Waals surface area contributed by atoms with Gasteiger partial charge < -0.3 is 15.4 Å². The molecule has 1 saturated carbocycles. The van der Waals surface area contributed by atoms with Crippen LogP contribution >= 0.6 is 0 Å². The molecule has 1 aliphatic carbocycles. The van der Waals surface area contributed by atoms with Crippen LogP contribution in [0.25, 0.3) is 33.5 Å². The summed E-state index contributed by atoms with van der Waals surface area (Å²) >= 11 is 0. The third-order valence-electron chi connectivity index (χ3n) is 6.75. The molecular weight excluding hydrogens is 430 g/mol. The number of rotatable bonds is 6. The van der Waals surface area contributed by atoms with E-state index in [9.17, 15) is 4.79 Å². The van der Waals surface area contributed by atoms with Crippen LogP contribution in [0.3, 0.4) is 0 Å². The van der Waals surface area contributed by atoms with Crippen LogP contribution in [-0.2, 0) is 11.8 Å². The largest absolute Gasteiger partial charge is 0.490 e. The van der Waals surface area contributed by atoms with E-state index in [4.69, 9.17) is 9.72 Å². The molecule has 6 rings (SSSR count). The van der Waals surface area contributed by atoms with Gasteiger partial charge in [-0.25, -0.2) is 15.0 Å². The van der Waals surface area contributed by atoms with E-state index in [1.54, 1.807) is 4.68 Å². The van der Waals surface area contributed by atoms with Crippen molar-refractivity contribution in [1.29, 1.82) is 0 Å². The Hall–Kier alpha value is -3.85. The first kappa shape index (κ1) is 20.7. The highest BCUT2D eigenvalue weighted by molar-refractivity contribution is 6.01. The van der Waals surface area contributed by atoms with Gasteiger partial charge in [-0.05, 0) is 25.8 Å². The summed E-state index contributed by atoms with van der Waals surface area (Å²) in [5, 5.41) is 11.0. The van der Waals surface area contributed by atoms with Crippen molar-refractivity contribution in [2.75, 3.05) is 25.0 Å². The maximum Gasteiger partial charge on any atom is 0.233 e. The van der Waals surface area contributed by atoms with E-state index in [1.165, 1.54) is 6.33 Å². The van der Waals surface area contributed by atoms with Crippen molar-refractivity contribution in [3.8, 4) is 28.3 Å². The van der Waals surface area contributed by atoms with Crippen molar-refractivity contribution >= 4 is 22.8 Å². The smallest absolute Gasteiger partial charge is 0.233 e. The Kier molecular flexibility index (Phi) is 4.80. The van der Waals surface area contributed by atoms with Gasteiger partial charge in [0.25, 0.3) is 0 Å². The lowest BCUT2D eigenvalue weighted by Crippen LogP contribution is -2.30. The lowest BCUT2D eigenvalue weighted by atomic mass is 10.0. The van der Waals surface area contributed by atoms with Crippen LogP contribution in [0, 0.1) is 11.3 Å². The van der Waals surface area contributed by atoms with E-state index in [-0.39, 0.29) is 11.3 Å². The minimum absolute atomic E-state index is 0.0138. The fourth-order valence-corrected chi connectivity index (χ4v) is 4.92. The first-order valence-electron chi connectivity index (χ1n) is 11.5. The molecule has 9 nitrogen and oxygen atoms in total. The molecule has 1 amide bonds. The van der Waals surface area contributed by atoms with Gasteiger partial charge in [-0.3, -0.25) is 9.48 Å². The van der Waals surface area contributed by atoms with Gasteiger partial charge in [0.05, 0.1) is 17.5 Å². The van der Waals surface area contributed by atoms with Crippen LogP contribution in [0.1, 0.15) is 13.3 Å². The molecule has 2 aliphatic rings. The lowest BCUT2D eigenvalue weighted by molar-refractivity contribution is -0.121. The molecule has 0 spiro atoms. The highest BCUT2D eigenvalue weighted by Gasteiger charge is 2.62. The van der Waals surface area contributed by atoms with Crippen LogP contribution in [-0.4, -0.2) is 50.3 Å². The summed E-state index contributed by atoms with van der Waals surface area (Å²) < 4.78 is 7.59. The van der Waals surface area contributed by atoms with Crippen LogP contribution in [0.5, 0.6) is 5.75 Å². The van der Waals surface area contributed by atoms with Gasteiger partial charge in [-0.2, -0.15) is 5.10 Å². The maximum absolute atomic E-state index is 13.2. The summed E-state index contributed by atoms with van der Waals surface area (Å²) in [5.41, 5.74) is 4.18. The minimum atomic E-state index is -0.333. The van der Waals surface area contributed by atoms with Crippen molar-refractivity contribution in [3.05, 3.63) is 48.9 Å². The number of hydrogen-bond donors (Lipinski definition) is 2. The molecule has 1 aliphatic heterocycles. The Bertz CT molecular complexity index is 1400. The number of fused-ring (bicyclic) bond motifs is 2. The van der Waals surface area contributed by atoms with E-state index in [0.29, 0.717) is 47.4 Å². The first-order valence-corrected chi connectivity index (χ1v) is 11.5. The van der Waals surface area contributed by atoms with E-state index < -0.39 is 0 Å². The average molecular weight is 456 g/mol. The Morgan fingerprint density at radius 3 is 2.85 bits per heavy atom. The number of aromatic nitrogens is 5. The molecule has 172 valence electrons. The monoisotopic (exact) mass is 455 g/mol. The van der Waals surface area contributed by atoms with Crippen LogP contribution in [0.2, 0.25) is 0 Å². The number of carbonyl (C=O) groups is 1. The lowest BCUT2D eigenvalue weighted by Gasteiger charge is -2.16. The second-order valence-corrected chi connectivity index (χ2v) is 8.93. The highest BCUT2D eigenvalue weighted by Crippen LogP contribution is 2.55. The van der Waals surface area contributed by atoms with Gasteiger partial charge in [0, 0.05) is 37.0 Å². The molecule has 1 aromatic carbocycles. The SMILES string of the molecule is CCOc1cc2ncnc(-c3cn(C)nc3-c3ccccc3)c2nc1NC(=O)C12CNCC1C2. The van der Waals surface area contributed by atoms with Gasteiger partial charge in [-0.1, -0.05) is 30.3 Å². The molecule has 2 fully saturated rings. The zero-order valence-corrected chi connectivity index (χ0v) is 19.1. The number of nitrogens with one attached hydrogen (secondary N) is 2. The number of piperidine rings is 1. The Morgan fingerprint density at radius 1 is 1.26 bits per heavy atom. The van der Waals surface area contributed by atoms with Gasteiger partial charge in [0.1, 0.15) is 23.2 Å². The molecule has 9 heteroatoms. The summed E-state index contributed by atoms with van der Waals surface area (Å²) in [6.07, 6.45) is 4.36. The van der Waals surface area contributed by atoms with Crippen molar-refractivity contribution in [3.63, 3.8) is 0 Å². The van der Waals surface area contributed by atoms with Gasteiger partial charge in [0.2, 0.25) is 5.91 Å². The van der Waals surface area contributed by atoms with Crippen molar-refractivity contribution < 1.29 is 9.53 Å². The number of nitrogens with zero attached hydrogens (tertiary/aromatic N) is 5. The van der Waals surface area contributed by atoms with E-state index >= 15 is 0 Å². The Morgan fingerprint density at radius 2 is 2.12 bits per heavy atom. The van der Waals surface area contributed by atoms with Crippen LogP contribution < -0.4 is 15.4 Å². The van der Waals surface area contributed by atoms with Crippen molar-refractivity contribution in [2.24, 2.45) is 18.4 Å². The summed E-state index contributed by atoms with van der Waals surface area (Å²) in [6, 6.07) is 11.8. The molecule has 2 N–H and O–H groups in total. The number of pyridine rings is 1. The van der Waals surface area contributed by atoms with Crippen molar-refractivity contribution in [1.82, 2.24) is 30.0 Å². The predicted molar refractivity (Wildman–Crippen MR) is 128 cm³/mol. The summed E-state index contributed by atoms with van der Waals surface area (Å²) in [6.45, 7) is 3.94. The van der Waals surface area contributed by atoms with Crippen LogP contribution in [0.15, 0.2) is 48.9 Å². The number of anilines is 1. The molecule has 34 heavy (non-hydrogen) atoms. The normalized spacial score (nSPS) is 20.8. The van der Waals surface area contributed by atoms with Crippen molar-refractivity contribution in [2.45, 2.75) is 13.3 Å². The second-order valence-electron chi connectivity index (χ2n) is 8.93. The summed E-state index contributed by atoms with van der Waals surface area (Å²) in [5.74, 6) is 1.28. The molecule has 1 saturated heterocycles. The number of aryl methyl sites for hydroxylation is 1. The second kappa shape index (κ2) is 7.88. The molecule has 2 unspecified atom stereocenters. The molecule has 4 heterocycles. The molecule has 4 aromatic rings. The van der Waals surface area contributed by atoms with E-state index in [1.807, 2.05) is 56.6 Å². The molecular formula is C25H25N7O2. The zero-order valence-electron chi connectivity index (χ0n) is 19.1. The predicted octanol–water partition coefficient (Wildman–Crippen LogP) is 3.04. The molecule has 0 radical (unpaired) electrons. The number of amides is 1. The first-order chi connectivity index (χ1) is 16.6. The maximum atomic E-state index is 13.2. The number of benzene rings is 1. The standard InChI is InChI=1S/C25H25N7O2/c1-3-34-19-9-18-22(29-23(19)30-24(33)25-10-16(25)11-26-13-25)21(28-14-27-18)17-12-32(2)31-20(17)15-7-5-4-6-8-15/h4-9,12,14,16,26H,3,10-11,13H2,1-2H3,(H,29,30,33). The fraction of sp³-hybridized carbons (Fsp3) is 0.320. The van der Waals surface area contributed by atoms with Gasteiger partial charge in [-0.15, -0.1) is 0 Å². The minimum Gasteiger partial charge on any atom is -0.490 e. The fourth-order valence-electron chi connectivity index (χ4n) is 4.92. The Labute approximate surface area is 196 Å². The van der Waals surface area contributed by atoms with E-state index in [2.05, 4.69) is 25.7 Å².